The first-order valence-electron chi connectivity index (χ1n) is 8.28. The highest BCUT2D eigenvalue weighted by atomic mass is 32.2. The summed E-state index contributed by atoms with van der Waals surface area (Å²) < 4.78 is 32.1. The van der Waals surface area contributed by atoms with Gasteiger partial charge in [0.05, 0.1) is 5.69 Å². The lowest BCUT2D eigenvalue weighted by Crippen LogP contribution is -2.33. The van der Waals surface area contributed by atoms with Crippen LogP contribution in [0.3, 0.4) is 0 Å². The Balaban J connectivity index is 1.67. The number of sulfonamides is 1. The van der Waals surface area contributed by atoms with E-state index in [1.165, 1.54) is 42.0 Å². The van der Waals surface area contributed by atoms with E-state index in [2.05, 4.69) is 9.97 Å². The van der Waals surface area contributed by atoms with E-state index in [0.29, 0.717) is 5.65 Å². The van der Waals surface area contributed by atoms with E-state index in [0.717, 1.165) is 9.87 Å². The minimum Gasteiger partial charge on any atom is -0.458 e. The smallest absolute Gasteiger partial charge is 0.321 e. The molecule has 0 aliphatic heterocycles. The monoisotopic (exact) mass is 402 g/mol. The molecule has 3 rings (SSSR count). The van der Waals surface area contributed by atoms with Crippen molar-refractivity contribution in [3.05, 3.63) is 70.5 Å². The number of aryl methyl sites for hydroxylation is 1. The van der Waals surface area contributed by atoms with Crippen LogP contribution in [0.2, 0.25) is 0 Å². The summed E-state index contributed by atoms with van der Waals surface area (Å²) >= 11 is 0. The van der Waals surface area contributed by atoms with Crippen LogP contribution in [0.5, 0.6) is 0 Å². The minimum absolute atomic E-state index is 0.0233. The molecule has 0 aromatic carbocycles. The minimum atomic E-state index is -3.86. The van der Waals surface area contributed by atoms with Crippen LogP contribution in [-0.4, -0.2) is 46.7 Å². The number of hydrogen-bond acceptors (Lipinski definition) is 7. The zero-order chi connectivity index (χ0) is 20.3. The summed E-state index contributed by atoms with van der Waals surface area (Å²) in [5.41, 5.74) is 1.32. The maximum absolute atomic E-state index is 12.4. The molecular weight excluding hydrogens is 384 g/mol. The molecule has 0 N–H and O–H groups in total. The first-order chi connectivity index (χ1) is 13.3. The van der Waals surface area contributed by atoms with Crippen molar-refractivity contribution in [2.75, 3.05) is 13.6 Å². The highest BCUT2D eigenvalue weighted by molar-refractivity contribution is 7.89. The fourth-order valence-corrected chi connectivity index (χ4v) is 3.56. The van der Waals surface area contributed by atoms with Gasteiger partial charge in [0.15, 0.2) is 0 Å². The SMILES string of the molecule is Cc1ccc2nc(COC(=O)CN(C)S(=O)(=O)c3cccnc3)cc(=O)n2c1. The third kappa shape index (κ3) is 4.24. The van der Waals surface area contributed by atoms with Crippen LogP contribution in [0.15, 0.2) is 58.6 Å². The summed E-state index contributed by atoms with van der Waals surface area (Å²) in [6.07, 6.45) is 4.32. The Bertz CT molecular complexity index is 1180. The number of ether oxygens (including phenoxy) is 1. The number of nitrogens with zero attached hydrogens (tertiary/aromatic N) is 4. The second-order valence-corrected chi connectivity index (χ2v) is 8.18. The standard InChI is InChI=1S/C18H18N4O5S/c1-13-5-6-16-20-14(8-17(23)22(16)10-13)12-27-18(24)11-21(2)28(25,26)15-4-3-7-19-9-15/h3-10H,11-12H2,1-2H3. The Hall–Kier alpha value is -3.11. The molecule has 3 aromatic rings. The van der Waals surface area contributed by atoms with E-state index in [-0.39, 0.29) is 22.8 Å². The molecule has 9 nitrogen and oxygen atoms in total. The predicted octanol–water partition coefficient (Wildman–Crippen LogP) is 0.762. The second kappa shape index (κ2) is 7.87. The van der Waals surface area contributed by atoms with Crippen molar-refractivity contribution in [1.29, 1.82) is 0 Å². The van der Waals surface area contributed by atoms with Crippen LogP contribution in [0.4, 0.5) is 0 Å². The Morgan fingerprint density at radius 2 is 2.07 bits per heavy atom. The molecule has 28 heavy (non-hydrogen) atoms. The fourth-order valence-electron chi connectivity index (χ4n) is 2.48. The largest absolute Gasteiger partial charge is 0.458 e. The third-order valence-corrected chi connectivity index (χ3v) is 5.72. The van der Waals surface area contributed by atoms with Gasteiger partial charge in [0, 0.05) is 31.7 Å². The van der Waals surface area contributed by atoms with Crippen molar-refractivity contribution >= 4 is 21.6 Å². The summed E-state index contributed by atoms with van der Waals surface area (Å²) in [7, 11) is -2.59. The van der Waals surface area contributed by atoms with Gasteiger partial charge in [-0.05, 0) is 30.7 Å². The molecule has 0 atom stereocenters. The maximum Gasteiger partial charge on any atom is 0.321 e. The number of pyridine rings is 2. The van der Waals surface area contributed by atoms with Gasteiger partial charge >= 0.3 is 5.97 Å². The normalized spacial score (nSPS) is 11.7. The quantitative estimate of drug-likeness (QED) is 0.560. The lowest BCUT2D eigenvalue weighted by atomic mass is 10.3. The van der Waals surface area contributed by atoms with Crippen molar-refractivity contribution in [2.24, 2.45) is 0 Å². The first-order valence-corrected chi connectivity index (χ1v) is 9.72. The summed E-state index contributed by atoms with van der Waals surface area (Å²) in [5, 5.41) is 0. The van der Waals surface area contributed by atoms with Crippen LogP contribution >= 0.6 is 0 Å². The number of rotatable bonds is 6. The van der Waals surface area contributed by atoms with Crippen LogP contribution in [-0.2, 0) is 26.2 Å². The van der Waals surface area contributed by atoms with E-state index >= 15 is 0 Å². The van der Waals surface area contributed by atoms with Gasteiger partial charge in [0.2, 0.25) is 10.0 Å². The van der Waals surface area contributed by atoms with Crippen molar-refractivity contribution in [2.45, 2.75) is 18.4 Å². The lowest BCUT2D eigenvalue weighted by Gasteiger charge is -2.16. The first kappa shape index (κ1) is 19.6. The molecule has 0 saturated carbocycles. The van der Waals surface area contributed by atoms with Gasteiger partial charge in [-0.3, -0.25) is 19.0 Å². The van der Waals surface area contributed by atoms with Gasteiger partial charge in [0.1, 0.15) is 23.7 Å². The van der Waals surface area contributed by atoms with Crippen molar-refractivity contribution in [3.63, 3.8) is 0 Å². The van der Waals surface area contributed by atoms with E-state index in [1.54, 1.807) is 12.3 Å². The molecule has 0 fully saturated rings. The van der Waals surface area contributed by atoms with Crippen LogP contribution in [0.1, 0.15) is 11.3 Å². The highest BCUT2D eigenvalue weighted by Gasteiger charge is 2.23. The molecule has 0 saturated heterocycles. The van der Waals surface area contributed by atoms with Gasteiger partial charge in [-0.15, -0.1) is 0 Å². The average Bonchev–Trinajstić information content (AvgIpc) is 2.67. The molecule has 0 radical (unpaired) electrons. The number of carbonyl (C=O) groups is 1. The van der Waals surface area contributed by atoms with Gasteiger partial charge in [-0.1, -0.05) is 6.07 Å². The van der Waals surface area contributed by atoms with Gasteiger partial charge < -0.3 is 4.74 Å². The average molecular weight is 402 g/mol. The topological polar surface area (TPSA) is 111 Å². The Morgan fingerprint density at radius 3 is 2.79 bits per heavy atom. The molecule has 10 heteroatoms. The maximum atomic E-state index is 12.4. The van der Waals surface area contributed by atoms with Crippen LogP contribution in [0.25, 0.3) is 5.65 Å². The Kier molecular flexibility index (Phi) is 5.52. The summed E-state index contributed by atoms with van der Waals surface area (Å²) in [6, 6.07) is 7.66. The molecule has 0 aliphatic carbocycles. The second-order valence-electron chi connectivity index (χ2n) is 6.13. The predicted molar refractivity (Wildman–Crippen MR) is 100 cm³/mol. The highest BCUT2D eigenvalue weighted by Crippen LogP contribution is 2.12. The summed E-state index contributed by atoms with van der Waals surface area (Å²) in [5.74, 6) is -0.763. The molecule has 0 amide bonds. The zero-order valence-corrected chi connectivity index (χ0v) is 16.1. The van der Waals surface area contributed by atoms with E-state index < -0.39 is 22.5 Å². The van der Waals surface area contributed by atoms with E-state index in [1.807, 2.05) is 13.0 Å². The molecule has 0 bridgehead atoms. The van der Waals surface area contributed by atoms with Gasteiger partial charge in [-0.2, -0.15) is 4.31 Å². The Morgan fingerprint density at radius 1 is 1.29 bits per heavy atom. The molecule has 0 aliphatic rings. The number of likely N-dealkylation sites (N-methyl/N-ethyl adjacent to an activating group) is 1. The molecule has 3 heterocycles. The third-order valence-electron chi connectivity index (χ3n) is 3.94. The fraction of sp³-hybridized carbons (Fsp3) is 0.222. The van der Waals surface area contributed by atoms with Crippen LogP contribution < -0.4 is 5.56 Å². The molecular formula is C18H18N4O5S. The number of fused-ring (bicyclic) bond motifs is 1. The molecule has 146 valence electrons. The Labute approximate surface area is 161 Å². The summed E-state index contributed by atoms with van der Waals surface area (Å²) in [4.78, 5) is 32.2. The number of carbonyl (C=O) groups excluding carboxylic acids is 1. The molecule has 0 spiro atoms. The zero-order valence-electron chi connectivity index (χ0n) is 15.3. The van der Waals surface area contributed by atoms with Crippen molar-refractivity contribution in [3.8, 4) is 0 Å². The van der Waals surface area contributed by atoms with Crippen molar-refractivity contribution < 1.29 is 17.9 Å². The number of aromatic nitrogens is 3. The van der Waals surface area contributed by atoms with Crippen LogP contribution in [0, 0.1) is 6.92 Å². The van der Waals surface area contributed by atoms with E-state index in [4.69, 9.17) is 4.74 Å². The lowest BCUT2D eigenvalue weighted by molar-refractivity contribution is -0.145. The summed E-state index contributed by atoms with van der Waals surface area (Å²) in [6.45, 7) is 1.14. The number of esters is 1. The molecule has 0 unspecified atom stereocenters. The number of hydrogen-bond donors (Lipinski definition) is 0. The molecule has 3 aromatic heterocycles. The van der Waals surface area contributed by atoms with Gasteiger partial charge in [-0.25, -0.2) is 13.4 Å². The van der Waals surface area contributed by atoms with Crippen molar-refractivity contribution in [1.82, 2.24) is 18.7 Å². The van der Waals surface area contributed by atoms with Gasteiger partial charge in [0.25, 0.3) is 5.56 Å². The van der Waals surface area contributed by atoms with E-state index in [9.17, 15) is 18.0 Å².